The van der Waals surface area contributed by atoms with Gasteiger partial charge in [-0.2, -0.15) is 0 Å². The molecule has 8 nitrogen and oxygen atoms in total. The van der Waals surface area contributed by atoms with Crippen molar-refractivity contribution < 1.29 is 33.0 Å². The number of fused-ring (bicyclic) bond motifs is 5. The first-order valence-electron chi connectivity index (χ1n) is 13.1. The molecule has 198 valence electrons. The van der Waals surface area contributed by atoms with E-state index in [2.05, 4.69) is 10.6 Å². The van der Waals surface area contributed by atoms with Gasteiger partial charge in [-0.3, -0.25) is 14.5 Å². The molecule has 1 aromatic carbocycles. The summed E-state index contributed by atoms with van der Waals surface area (Å²) in [6.07, 6.45) is 1.12. The van der Waals surface area contributed by atoms with Crippen molar-refractivity contribution in [3.8, 4) is 5.75 Å². The maximum Gasteiger partial charge on any atom is 0.255 e. The smallest absolute Gasteiger partial charge is 0.255 e. The van der Waals surface area contributed by atoms with Gasteiger partial charge in [0.25, 0.3) is 5.91 Å². The van der Waals surface area contributed by atoms with Crippen LogP contribution in [-0.4, -0.2) is 83.9 Å². The van der Waals surface area contributed by atoms with Crippen molar-refractivity contribution in [3.05, 3.63) is 29.8 Å². The number of likely N-dealkylation sites (tertiary alicyclic amines) is 1. The molecule has 4 bridgehead atoms. The lowest BCUT2D eigenvalue weighted by Gasteiger charge is -2.38. The predicted octanol–water partition coefficient (Wildman–Crippen LogP) is 2.24. The fourth-order valence-corrected chi connectivity index (χ4v) is 5.99. The number of ether oxygens (including phenoxy) is 2. The van der Waals surface area contributed by atoms with Crippen LogP contribution in [0.15, 0.2) is 24.3 Å². The van der Waals surface area contributed by atoms with Gasteiger partial charge in [0.05, 0.1) is 30.4 Å². The van der Waals surface area contributed by atoms with Crippen molar-refractivity contribution in [2.45, 2.75) is 93.7 Å². The zero-order valence-corrected chi connectivity index (χ0v) is 20.3. The summed E-state index contributed by atoms with van der Waals surface area (Å²) < 4.78 is 39.7. The van der Waals surface area contributed by atoms with Gasteiger partial charge in [-0.05, 0) is 44.2 Å². The molecule has 10 heteroatoms. The minimum absolute atomic E-state index is 0.125. The fraction of sp³-hybridized carbons (Fsp3) is 0.692. The van der Waals surface area contributed by atoms with Crippen molar-refractivity contribution >= 4 is 11.8 Å². The summed E-state index contributed by atoms with van der Waals surface area (Å²) in [6.45, 7) is 0.938. The molecule has 0 unspecified atom stereocenters. The average Bonchev–Trinajstić information content (AvgIpc) is 3.27. The summed E-state index contributed by atoms with van der Waals surface area (Å²) in [5.74, 6) is -2.69. The van der Waals surface area contributed by atoms with Crippen LogP contribution in [0.5, 0.6) is 5.75 Å². The first-order chi connectivity index (χ1) is 17.3. The van der Waals surface area contributed by atoms with Crippen LogP contribution in [0, 0.1) is 0 Å². The molecule has 1 aliphatic carbocycles. The molecule has 5 atom stereocenters. The maximum atomic E-state index is 13.8. The molecule has 3 heterocycles. The van der Waals surface area contributed by atoms with E-state index in [1.165, 1.54) is 0 Å². The van der Waals surface area contributed by atoms with Crippen LogP contribution in [0.4, 0.5) is 8.78 Å². The molecular formula is C26H35F2N3O5. The van der Waals surface area contributed by atoms with Gasteiger partial charge in [0.2, 0.25) is 11.8 Å². The Balaban J connectivity index is 1.38. The van der Waals surface area contributed by atoms with Crippen molar-refractivity contribution in [3.63, 3.8) is 0 Å². The molecule has 36 heavy (non-hydrogen) atoms. The van der Waals surface area contributed by atoms with Gasteiger partial charge in [-0.25, -0.2) is 8.78 Å². The summed E-state index contributed by atoms with van der Waals surface area (Å²) in [7, 11) is 0. The molecule has 3 N–H and O–H groups in total. The highest BCUT2D eigenvalue weighted by Gasteiger charge is 2.45. The lowest BCUT2D eigenvalue weighted by molar-refractivity contribution is -0.134. The van der Waals surface area contributed by atoms with Crippen LogP contribution < -0.4 is 15.4 Å². The van der Waals surface area contributed by atoms with Crippen LogP contribution in [0.1, 0.15) is 61.7 Å². The highest BCUT2D eigenvalue weighted by atomic mass is 19.3. The number of nitrogens with zero attached hydrogens (tertiary/aromatic N) is 1. The molecule has 5 rings (SSSR count). The minimum Gasteiger partial charge on any atom is -0.493 e. The van der Waals surface area contributed by atoms with Gasteiger partial charge >= 0.3 is 0 Å². The second-order valence-electron chi connectivity index (χ2n) is 10.5. The topological polar surface area (TPSA) is 100 Å². The van der Waals surface area contributed by atoms with E-state index in [9.17, 15) is 23.5 Å². The van der Waals surface area contributed by atoms with E-state index in [1.807, 2.05) is 11.0 Å². The lowest BCUT2D eigenvalue weighted by atomic mass is 9.90. The fourth-order valence-electron chi connectivity index (χ4n) is 5.99. The number of para-hydroxylation sites is 1. The van der Waals surface area contributed by atoms with Gasteiger partial charge in [-0.15, -0.1) is 0 Å². The van der Waals surface area contributed by atoms with Crippen LogP contribution in [-0.2, 0) is 9.53 Å². The summed E-state index contributed by atoms with van der Waals surface area (Å²) in [6, 6.07) is 6.03. The Labute approximate surface area is 209 Å². The third-order valence-electron chi connectivity index (χ3n) is 8.02. The highest BCUT2D eigenvalue weighted by molar-refractivity contribution is 5.97. The quantitative estimate of drug-likeness (QED) is 0.539. The van der Waals surface area contributed by atoms with Crippen LogP contribution in [0.25, 0.3) is 0 Å². The SMILES string of the molecule is O=C1N[C@H]2C[C@@H](C(=O)NC[C@H]3O[C@H](CCOc4ccccc41)CC[C@@H]3O)N(C1CCC(F)(F)CC1)C2. The van der Waals surface area contributed by atoms with Crippen LogP contribution >= 0.6 is 0 Å². The van der Waals surface area contributed by atoms with Crippen LogP contribution in [0.3, 0.4) is 0 Å². The van der Waals surface area contributed by atoms with Gasteiger partial charge < -0.3 is 25.2 Å². The largest absolute Gasteiger partial charge is 0.493 e. The van der Waals surface area contributed by atoms with E-state index in [-0.39, 0.29) is 49.4 Å². The van der Waals surface area contributed by atoms with E-state index in [0.717, 1.165) is 0 Å². The normalized spacial score (nSPS) is 34.2. The van der Waals surface area contributed by atoms with E-state index < -0.39 is 24.2 Å². The average molecular weight is 508 g/mol. The number of aliphatic hydroxyl groups excluding tert-OH is 1. The third kappa shape index (κ3) is 5.65. The Morgan fingerprint density at radius 3 is 2.64 bits per heavy atom. The number of carbonyl (C=O) groups excluding carboxylic acids is 2. The van der Waals surface area contributed by atoms with Crippen molar-refractivity contribution in [2.24, 2.45) is 0 Å². The molecule has 2 saturated heterocycles. The Morgan fingerprint density at radius 2 is 1.83 bits per heavy atom. The van der Waals surface area contributed by atoms with Gasteiger partial charge in [0.15, 0.2) is 0 Å². The summed E-state index contributed by atoms with van der Waals surface area (Å²) in [5, 5.41) is 16.4. The van der Waals surface area contributed by atoms with E-state index in [1.54, 1.807) is 18.2 Å². The Hall–Kier alpha value is -2.30. The first kappa shape index (κ1) is 25.4. The van der Waals surface area contributed by atoms with Crippen molar-refractivity contribution in [2.75, 3.05) is 19.7 Å². The van der Waals surface area contributed by atoms with E-state index in [4.69, 9.17) is 9.47 Å². The summed E-state index contributed by atoms with van der Waals surface area (Å²) >= 11 is 0. The third-order valence-corrected chi connectivity index (χ3v) is 8.02. The van der Waals surface area contributed by atoms with Crippen LogP contribution in [0.2, 0.25) is 0 Å². The number of hydrogen-bond acceptors (Lipinski definition) is 6. The van der Waals surface area contributed by atoms with E-state index in [0.29, 0.717) is 63.0 Å². The van der Waals surface area contributed by atoms with Gasteiger partial charge in [-0.1, -0.05) is 12.1 Å². The molecule has 0 spiro atoms. The molecular weight excluding hydrogens is 472 g/mol. The van der Waals surface area contributed by atoms with Gasteiger partial charge in [0.1, 0.15) is 11.9 Å². The zero-order chi connectivity index (χ0) is 25.3. The monoisotopic (exact) mass is 507 g/mol. The lowest BCUT2D eigenvalue weighted by Crippen LogP contribution is -2.52. The molecule has 3 fully saturated rings. The summed E-state index contributed by atoms with van der Waals surface area (Å²) in [4.78, 5) is 28.5. The zero-order valence-electron chi connectivity index (χ0n) is 20.3. The number of amides is 2. The molecule has 3 aliphatic heterocycles. The Kier molecular flexibility index (Phi) is 7.46. The summed E-state index contributed by atoms with van der Waals surface area (Å²) in [5.41, 5.74) is 0.416. The standard InChI is InChI=1S/C26H35F2N3O5/c27-26(28)10-7-17(8-11-26)31-15-16-13-20(31)25(34)29-14-23-21(32)6-5-18(36-23)9-12-35-22-4-2-1-3-19(22)24(33)30-16/h1-4,16-18,20-21,23,32H,5-15H2,(H,29,34)(H,30,33)/t16-,18-,20-,21-,23+/m0/s1. The Morgan fingerprint density at radius 1 is 1.06 bits per heavy atom. The molecule has 1 aromatic rings. The number of alkyl halides is 2. The molecule has 0 radical (unpaired) electrons. The van der Waals surface area contributed by atoms with E-state index >= 15 is 0 Å². The number of rotatable bonds is 1. The first-order valence-corrected chi connectivity index (χ1v) is 13.1. The predicted molar refractivity (Wildman–Crippen MR) is 127 cm³/mol. The maximum absolute atomic E-state index is 13.8. The Bertz CT molecular complexity index is 953. The number of carbonyl (C=O) groups is 2. The molecule has 2 amide bonds. The second-order valence-corrected chi connectivity index (χ2v) is 10.5. The molecule has 0 aromatic heterocycles. The van der Waals surface area contributed by atoms with Crippen molar-refractivity contribution in [1.82, 2.24) is 15.5 Å². The number of benzene rings is 1. The number of nitrogens with one attached hydrogen (secondary N) is 2. The number of halogens is 2. The number of hydrogen-bond donors (Lipinski definition) is 3. The molecule has 4 aliphatic rings. The molecule has 1 saturated carbocycles. The van der Waals surface area contributed by atoms with Crippen molar-refractivity contribution in [1.29, 1.82) is 0 Å². The highest BCUT2D eigenvalue weighted by Crippen LogP contribution is 2.37. The minimum atomic E-state index is -2.66. The van der Waals surface area contributed by atoms with Gasteiger partial charge in [0, 0.05) is 44.4 Å². The number of aliphatic hydroxyl groups is 1. The second kappa shape index (κ2) is 10.6.